The fourth-order valence-electron chi connectivity index (χ4n) is 4.50. The molecular weight excluding hydrogens is 468 g/mol. The first-order chi connectivity index (χ1) is 17.5. The predicted octanol–water partition coefficient (Wildman–Crippen LogP) is 3.82. The largest absolute Gasteiger partial charge is 0.369 e. The lowest BCUT2D eigenvalue weighted by Gasteiger charge is -2.40. The quantitative estimate of drug-likeness (QED) is 0.287. The fraction of sp³-hybridized carbons (Fsp3) is 0.240. The summed E-state index contributed by atoms with van der Waals surface area (Å²) in [5, 5.41) is 23.2. The third kappa shape index (κ3) is 4.91. The summed E-state index contributed by atoms with van der Waals surface area (Å²) >= 11 is 0. The molecular formula is C25H23F2N7O2. The average Bonchev–Trinajstić information content (AvgIpc) is 3.35. The minimum Gasteiger partial charge on any atom is -0.369 e. The Labute approximate surface area is 205 Å². The number of halogens is 2. The number of benzene rings is 3. The first kappa shape index (κ1) is 23.5. The van der Waals surface area contributed by atoms with Crippen LogP contribution in [0.25, 0.3) is 0 Å². The summed E-state index contributed by atoms with van der Waals surface area (Å²) in [7, 11) is 0. The third-order valence-corrected chi connectivity index (χ3v) is 6.35. The summed E-state index contributed by atoms with van der Waals surface area (Å²) in [5.41, 5.74) is 2.23. The first-order valence-corrected chi connectivity index (χ1v) is 11.5. The van der Waals surface area contributed by atoms with Gasteiger partial charge in [0.05, 0.1) is 11.5 Å². The van der Waals surface area contributed by atoms with Gasteiger partial charge in [-0.05, 0) is 46.3 Å². The molecule has 4 aromatic rings. The zero-order chi connectivity index (χ0) is 25.1. The van der Waals surface area contributed by atoms with Gasteiger partial charge in [-0.2, -0.15) is 0 Å². The van der Waals surface area contributed by atoms with Crippen molar-refractivity contribution in [3.63, 3.8) is 0 Å². The second kappa shape index (κ2) is 10.2. The van der Waals surface area contributed by atoms with Crippen LogP contribution in [-0.2, 0) is 6.54 Å². The number of non-ortho nitro benzene ring substituents is 1. The van der Waals surface area contributed by atoms with Gasteiger partial charge >= 0.3 is 0 Å². The summed E-state index contributed by atoms with van der Waals surface area (Å²) in [4.78, 5) is 14.8. The van der Waals surface area contributed by atoms with Gasteiger partial charge in [0.1, 0.15) is 17.7 Å². The molecule has 0 radical (unpaired) electrons. The van der Waals surface area contributed by atoms with Crippen molar-refractivity contribution in [1.82, 2.24) is 25.1 Å². The van der Waals surface area contributed by atoms with Crippen molar-refractivity contribution in [1.29, 1.82) is 0 Å². The van der Waals surface area contributed by atoms with Crippen LogP contribution in [0.5, 0.6) is 0 Å². The Morgan fingerprint density at radius 1 is 0.917 bits per heavy atom. The van der Waals surface area contributed by atoms with E-state index in [9.17, 15) is 14.5 Å². The van der Waals surface area contributed by atoms with Crippen LogP contribution in [0.2, 0.25) is 0 Å². The Morgan fingerprint density at radius 3 is 2.28 bits per heavy atom. The molecule has 0 spiro atoms. The Kier molecular flexibility index (Phi) is 6.63. The van der Waals surface area contributed by atoms with E-state index in [0.29, 0.717) is 44.1 Å². The Balaban J connectivity index is 1.40. The van der Waals surface area contributed by atoms with Gasteiger partial charge in [-0.3, -0.25) is 15.0 Å². The van der Waals surface area contributed by atoms with Gasteiger partial charge in [0.25, 0.3) is 5.69 Å². The average molecular weight is 492 g/mol. The molecule has 1 aromatic heterocycles. The van der Waals surface area contributed by atoms with Crippen molar-refractivity contribution >= 4 is 11.4 Å². The van der Waals surface area contributed by atoms with Crippen LogP contribution >= 0.6 is 0 Å². The van der Waals surface area contributed by atoms with Gasteiger partial charge in [0, 0.05) is 49.6 Å². The third-order valence-electron chi connectivity index (χ3n) is 6.35. The molecule has 184 valence electrons. The van der Waals surface area contributed by atoms with Crippen molar-refractivity contribution in [2.45, 2.75) is 12.6 Å². The Hall–Kier alpha value is -4.25. The lowest BCUT2D eigenvalue weighted by molar-refractivity contribution is -0.384. The van der Waals surface area contributed by atoms with Crippen LogP contribution in [0, 0.1) is 21.7 Å². The van der Waals surface area contributed by atoms with Crippen molar-refractivity contribution in [2.75, 3.05) is 31.1 Å². The minimum atomic E-state index is -0.527. The zero-order valence-electron chi connectivity index (χ0n) is 19.2. The zero-order valence-corrected chi connectivity index (χ0v) is 19.2. The molecule has 5 rings (SSSR count). The van der Waals surface area contributed by atoms with E-state index in [2.05, 4.69) is 25.3 Å². The van der Waals surface area contributed by atoms with E-state index in [-0.39, 0.29) is 17.3 Å². The second-order valence-electron chi connectivity index (χ2n) is 8.54. The summed E-state index contributed by atoms with van der Waals surface area (Å²) < 4.78 is 30.0. The number of hydrogen-bond acceptors (Lipinski definition) is 7. The number of rotatable bonds is 7. The van der Waals surface area contributed by atoms with E-state index in [0.717, 1.165) is 11.3 Å². The monoisotopic (exact) mass is 491 g/mol. The molecule has 11 heteroatoms. The van der Waals surface area contributed by atoms with Crippen molar-refractivity contribution < 1.29 is 13.7 Å². The number of aromatic nitrogens is 4. The van der Waals surface area contributed by atoms with Gasteiger partial charge in [0.2, 0.25) is 0 Å². The molecule has 0 N–H and O–H groups in total. The van der Waals surface area contributed by atoms with Crippen LogP contribution in [-0.4, -0.2) is 56.2 Å². The maximum absolute atomic E-state index is 15.0. The number of anilines is 1. The Bertz CT molecular complexity index is 1340. The molecule has 36 heavy (non-hydrogen) atoms. The molecule has 9 nitrogen and oxygen atoms in total. The van der Waals surface area contributed by atoms with Crippen LogP contribution < -0.4 is 4.90 Å². The molecule has 1 fully saturated rings. The maximum Gasteiger partial charge on any atom is 0.269 e. The fourth-order valence-corrected chi connectivity index (χ4v) is 4.50. The van der Waals surface area contributed by atoms with Gasteiger partial charge in [-0.1, -0.05) is 30.3 Å². The van der Waals surface area contributed by atoms with Gasteiger partial charge < -0.3 is 4.90 Å². The molecule has 1 aliphatic rings. The molecule has 1 atom stereocenters. The molecule has 2 heterocycles. The maximum atomic E-state index is 15.0. The summed E-state index contributed by atoms with van der Waals surface area (Å²) in [6, 6.07) is 18.6. The Morgan fingerprint density at radius 2 is 1.61 bits per heavy atom. The molecule has 0 bridgehead atoms. The second-order valence-corrected chi connectivity index (χ2v) is 8.54. The van der Waals surface area contributed by atoms with Crippen molar-refractivity contribution in [2.24, 2.45) is 0 Å². The summed E-state index contributed by atoms with van der Waals surface area (Å²) in [6.45, 7) is 2.79. The first-order valence-electron chi connectivity index (χ1n) is 11.5. The van der Waals surface area contributed by atoms with E-state index in [1.807, 2.05) is 0 Å². The standard InChI is InChI=1S/C25H23F2N7O2/c26-19-7-5-18(6-8-19)17-33-25(28-29-30-33)24(22-3-1-2-4-23(22)27)32-15-13-31(14-16-32)20-9-11-21(12-10-20)34(35)36/h1-12,24H,13-17H2/t24-/m0/s1. The summed E-state index contributed by atoms with van der Waals surface area (Å²) in [5.74, 6) is -0.185. The SMILES string of the molecule is O=[N+]([O-])c1ccc(N2CCN([C@@H](c3ccccc3F)c3nnnn3Cc3ccc(F)cc3)CC2)cc1. The van der Waals surface area contributed by atoms with E-state index < -0.39 is 11.0 Å². The lowest BCUT2D eigenvalue weighted by Crippen LogP contribution is -2.48. The smallest absolute Gasteiger partial charge is 0.269 e. The van der Waals surface area contributed by atoms with Crippen LogP contribution in [0.3, 0.4) is 0 Å². The van der Waals surface area contributed by atoms with E-state index in [1.54, 1.807) is 47.1 Å². The minimum absolute atomic E-state index is 0.0463. The molecule has 0 amide bonds. The molecule has 0 aliphatic carbocycles. The van der Waals surface area contributed by atoms with E-state index in [4.69, 9.17) is 0 Å². The van der Waals surface area contributed by atoms with E-state index in [1.165, 1.54) is 30.3 Å². The number of piperazine rings is 1. The van der Waals surface area contributed by atoms with Crippen molar-refractivity contribution in [3.05, 3.63) is 111 Å². The number of nitro groups is 1. The lowest BCUT2D eigenvalue weighted by atomic mass is 10.0. The molecule has 3 aromatic carbocycles. The highest BCUT2D eigenvalue weighted by Gasteiger charge is 2.32. The number of tetrazole rings is 1. The highest BCUT2D eigenvalue weighted by Crippen LogP contribution is 2.31. The summed E-state index contributed by atoms with van der Waals surface area (Å²) in [6.07, 6.45) is 0. The molecule has 0 unspecified atom stereocenters. The molecule has 0 saturated carbocycles. The molecule has 1 aliphatic heterocycles. The van der Waals surface area contributed by atoms with E-state index >= 15 is 4.39 Å². The van der Waals surface area contributed by atoms with Gasteiger partial charge in [-0.25, -0.2) is 13.5 Å². The van der Waals surface area contributed by atoms with Crippen LogP contribution in [0.1, 0.15) is 23.0 Å². The number of nitro benzene ring substituents is 1. The number of nitrogens with zero attached hydrogens (tertiary/aromatic N) is 7. The molecule has 1 saturated heterocycles. The topological polar surface area (TPSA) is 93.2 Å². The van der Waals surface area contributed by atoms with Gasteiger partial charge in [-0.15, -0.1) is 5.10 Å². The highest BCUT2D eigenvalue weighted by molar-refractivity contribution is 5.51. The predicted molar refractivity (Wildman–Crippen MR) is 128 cm³/mol. The number of hydrogen-bond donors (Lipinski definition) is 0. The van der Waals surface area contributed by atoms with Crippen molar-refractivity contribution in [3.8, 4) is 0 Å². The van der Waals surface area contributed by atoms with Crippen LogP contribution in [0.4, 0.5) is 20.2 Å². The highest BCUT2D eigenvalue weighted by atomic mass is 19.1. The van der Waals surface area contributed by atoms with Crippen LogP contribution in [0.15, 0.2) is 72.8 Å². The normalized spacial score (nSPS) is 15.1. The van der Waals surface area contributed by atoms with Gasteiger partial charge in [0.15, 0.2) is 5.82 Å².